The van der Waals surface area contributed by atoms with Crippen LogP contribution in [-0.4, -0.2) is 47.5 Å². The van der Waals surface area contributed by atoms with Gasteiger partial charge in [0.25, 0.3) is 0 Å². The molecule has 0 aliphatic heterocycles. The standard InChI is InChI=1S/C24H29FN4O3/c1-4-22-21(17-28(14-15-31-3)24(30)26-5-2)23(32-20-13-9-10-18(25)16-20)29(27-22)19-11-7-6-8-12-19/h6-13,16H,4-5,14-15,17H2,1-3H3,(H,26,30). The predicted octanol–water partition coefficient (Wildman–Crippen LogP) is 4.54. The molecule has 32 heavy (non-hydrogen) atoms. The van der Waals surface area contributed by atoms with Gasteiger partial charge in [0.1, 0.15) is 11.6 Å². The highest BCUT2D eigenvalue weighted by molar-refractivity contribution is 5.74. The van der Waals surface area contributed by atoms with E-state index in [1.54, 1.807) is 28.8 Å². The number of halogens is 1. The molecule has 3 aromatic rings. The van der Waals surface area contributed by atoms with Crippen molar-refractivity contribution in [3.63, 3.8) is 0 Å². The van der Waals surface area contributed by atoms with Gasteiger partial charge in [-0.2, -0.15) is 5.10 Å². The molecule has 1 aromatic heterocycles. The number of aryl methyl sites for hydroxylation is 1. The maximum atomic E-state index is 13.8. The first kappa shape index (κ1) is 23.3. The quantitative estimate of drug-likeness (QED) is 0.502. The molecule has 3 rings (SSSR count). The lowest BCUT2D eigenvalue weighted by Crippen LogP contribution is -2.41. The Morgan fingerprint density at radius 2 is 1.94 bits per heavy atom. The summed E-state index contributed by atoms with van der Waals surface area (Å²) in [5.74, 6) is 0.410. The molecule has 0 radical (unpaired) electrons. The molecule has 0 atom stereocenters. The van der Waals surface area contributed by atoms with Gasteiger partial charge in [0.15, 0.2) is 0 Å². The number of amides is 2. The number of ether oxygens (including phenoxy) is 2. The van der Waals surface area contributed by atoms with Crippen LogP contribution >= 0.6 is 0 Å². The zero-order valence-corrected chi connectivity index (χ0v) is 18.7. The van der Waals surface area contributed by atoms with Gasteiger partial charge >= 0.3 is 6.03 Å². The lowest BCUT2D eigenvalue weighted by molar-refractivity contribution is 0.146. The van der Waals surface area contributed by atoms with Crippen molar-refractivity contribution in [2.75, 3.05) is 26.8 Å². The number of urea groups is 1. The molecule has 0 fully saturated rings. The minimum Gasteiger partial charge on any atom is -0.438 e. The number of aromatic nitrogens is 2. The Bertz CT molecular complexity index is 1020. The molecule has 1 N–H and O–H groups in total. The van der Waals surface area contributed by atoms with Crippen LogP contribution in [-0.2, 0) is 17.7 Å². The highest BCUT2D eigenvalue weighted by Gasteiger charge is 2.24. The number of methoxy groups -OCH3 is 1. The summed E-state index contributed by atoms with van der Waals surface area (Å²) < 4.78 is 26.9. The fraction of sp³-hybridized carbons (Fsp3) is 0.333. The van der Waals surface area contributed by atoms with E-state index in [2.05, 4.69) is 5.32 Å². The van der Waals surface area contributed by atoms with Gasteiger partial charge in [-0.05, 0) is 37.6 Å². The smallest absolute Gasteiger partial charge is 0.317 e. The van der Waals surface area contributed by atoms with Crippen LogP contribution in [0, 0.1) is 5.82 Å². The van der Waals surface area contributed by atoms with E-state index < -0.39 is 5.82 Å². The van der Waals surface area contributed by atoms with E-state index in [-0.39, 0.29) is 12.6 Å². The largest absolute Gasteiger partial charge is 0.438 e. The SMILES string of the molecule is CCNC(=O)N(CCOC)Cc1c(CC)nn(-c2ccccc2)c1Oc1cccc(F)c1. The molecule has 0 saturated carbocycles. The highest BCUT2D eigenvalue weighted by Crippen LogP contribution is 2.32. The molecule has 2 aromatic carbocycles. The lowest BCUT2D eigenvalue weighted by Gasteiger charge is -2.23. The van der Waals surface area contributed by atoms with Crippen LogP contribution in [0.2, 0.25) is 0 Å². The topological polar surface area (TPSA) is 68.6 Å². The van der Waals surface area contributed by atoms with Crippen LogP contribution in [0.4, 0.5) is 9.18 Å². The number of nitrogens with zero attached hydrogens (tertiary/aromatic N) is 3. The van der Waals surface area contributed by atoms with Crippen LogP contribution in [0.15, 0.2) is 54.6 Å². The van der Waals surface area contributed by atoms with Crippen molar-refractivity contribution in [1.82, 2.24) is 20.0 Å². The van der Waals surface area contributed by atoms with E-state index in [1.807, 2.05) is 44.2 Å². The van der Waals surface area contributed by atoms with Gasteiger partial charge in [0.2, 0.25) is 5.88 Å². The minimum atomic E-state index is -0.394. The first-order valence-corrected chi connectivity index (χ1v) is 10.7. The molecule has 1 heterocycles. The average molecular weight is 441 g/mol. The van der Waals surface area contributed by atoms with Gasteiger partial charge < -0.3 is 19.7 Å². The average Bonchev–Trinajstić information content (AvgIpc) is 3.14. The Labute approximate surface area is 187 Å². The van der Waals surface area contributed by atoms with E-state index >= 15 is 0 Å². The number of hydrogen-bond acceptors (Lipinski definition) is 4. The number of rotatable bonds is 10. The second kappa shape index (κ2) is 11.3. The van der Waals surface area contributed by atoms with Crippen LogP contribution in [0.5, 0.6) is 11.6 Å². The molecular weight excluding hydrogens is 411 g/mol. The fourth-order valence-corrected chi connectivity index (χ4v) is 3.32. The number of para-hydroxylation sites is 1. The Kier molecular flexibility index (Phi) is 8.21. The van der Waals surface area contributed by atoms with Crippen molar-refractivity contribution in [1.29, 1.82) is 0 Å². The number of nitrogens with one attached hydrogen (secondary N) is 1. The molecule has 0 aliphatic carbocycles. The molecular formula is C24H29FN4O3. The minimum absolute atomic E-state index is 0.198. The fourth-order valence-electron chi connectivity index (χ4n) is 3.32. The third kappa shape index (κ3) is 5.64. The van der Waals surface area contributed by atoms with Gasteiger partial charge in [-0.15, -0.1) is 0 Å². The van der Waals surface area contributed by atoms with Crippen LogP contribution in [0.1, 0.15) is 25.1 Å². The summed E-state index contributed by atoms with van der Waals surface area (Å²) in [6.45, 7) is 5.45. The summed E-state index contributed by atoms with van der Waals surface area (Å²) in [5.41, 5.74) is 2.37. The highest BCUT2D eigenvalue weighted by atomic mass is 19.1. The van der Waals surface area contributed by atoms with Crippen molar-refractivity contribution in [2.24, 2.45) is 0 Å². The van der Waals surface area contributed by atoms with E-state index in [4.69, 9.17) is 14.6 Å². The zero-order chi connectivity index (χ0) is 22.9. The molecule has 0 bridgehead atoms. The van der Waals surface area contributed by atoms with E-state index in [0.717, 1.165) is 16.9 Å². The number of carbonyl (C=O) groups excluding carboxylic acids is 1. The van der Waals surface area contributed by atoms with Gasteiger partial charge in [-0.3, -0.25) is 0 Å². The zero-order valence-electron chi connectivity index (χ0n) is 18.7. The van der Waals surface area contributed by atoms with Crippen LogP contribution in [0.3, 0.4) is 0 Å². The molecule has 170 valence electrons. The van der Waals surface area contributed by atoms with E-state index in [1.165, 1.54) is 12.1 Å². The molecule has 0 aliphatic rings. The molecule has 8 heteroatoms. The van der Waals surface area contributed by atoms with Crippen LogP contribution < -0.4 is 10.1 Å². The van der Waals surface area contributed by atoms with Crippen molar-refractivity contribution >= 4 is 6.03 Å². The summed E-state index contributed by atoms with van der Waals surface area (Å²) in [4.78, 5) is 14.3. The summed E-state index contributed by atoms with van der Waals surface area (Å²) in [6, 6.07) is 15.3. The normalized spacial score (nSPS) is 10.8. The van der Waals surface area contributed by atoms with Crippen molar-refractivity contribution in [2.45, 2.75) is 26.8 Å². The van der Waals surface area contributed by atoms with Gasteiger partial charge in [-0.25, -0.2) is 13.9 Å². The first-order chi connectivity index (χ1) is 15.6. The third-order valence-corrected chi connectivity index (χ3v) is 4.90. The number of carbonyl (C=O) groups is 1. The van der Waals surface area contributed by atoms with Gasteiger partial charge in [0, 0.05) is 26.3 Å². The second-order valence-corrected chi connectivity index (χ2v) is 7.14. The summed E-state index contributed by atoms with van der Waals surface area (Å²) in [7, 11) is 1.60. The van der Waals surface area contributed by atoms with E-state index in [0.29, 0.717) is 37.7 Å². The molecule has 0 spiro atoms. The van der Waals surface area contributed by atoms with Crippen LogP contribution in [0.25, 0.3) is 5.69 Å². The lowest BCUT2D eigenvalue weighted by atomic mass is 10.2. The monoisotopic (exact) mass is 440 g/mol. The first-order valence-electron chi connectivity index (χ1n) is 10.7. The molecule has 7 nitrogen and oxygen atoms in total. The summed E-state index contributed by atoms with van der Waals surface area (Å²) in [6.07, 6.45) is 0.641. The maximum Gasteiger partial charge on any atom is 0.317 e. The van der Waals surface area contributed by atoms with E-state index in [9.17, 15) is 9.18 Å². The number of benzene rings is 2. The van der Waals surface area contributed by atoms with Crippen molar-refractivity contribution < 1.29 is 18.7 Å². The predicted molar refractivity (Wildman–Crippen MR) is 121 cm³/mol. The maximum absolute atomic E-state index is 13.8. The van der Waals surface area contributed by atoms with Gasteiger partial charge in [-0.1, -0.05) is 31.2 Å². The number of hydrogen-bond donors (Lipinski definition) is 1. The Hall–Kier alpha value is -3.39. The van der Waals surface area contributed by atoms with Gasteiger partial charge in [0.05, 0.1) is 30.1 Å². The molecule has 2 amide bonds. The van der Waals surface area contributed by atoms with Crippen molar-refractivity contribution in [3.05, 3.63) is 71.7 Å². The Morgan fingerprint density at radius 3 is 2.59 bits per heavy atom. The molecule has 0 saturated heterocycles. The Balaban J connectivity index is 2.08. The third-order valence-electron chi connectivity index (χ3n) is 4.90. The summed E-state index contributed by atoms with van der Waals surface area (Å²) in [5, 5.41) is 7.61. The molecule has 0 unspecified atom stereocenters. The van der Waals surface area contributed by atoms with Crippen molar-refractivity contribution in [3.8, 4) is 17.3 Å². The Morgan fingerprint density at radius 1 is 1.16 bits per heavy atom. The summed E-state index contributed by atoms with van der Waals surface area (Å²) >= 11 is 0. The second-order valence-electron chi connectivity index (χ2n) is 7.14.